The van der Waals surface area contributed by atoms with Gasteiger partial charge < -0.3 is 5.11 Å². The van der Waals surface area contributed by atoms with E-state index in [2.05, 4.69) is 0 Å². The third kappa shape index (κ3) is 2.95. The zero-order chi connectivity index (χ0) is 14.8. The number of anilines is 1. The second kappa shape index (κ2) is 5.83. The summed E-state index contributed by atoms with van der Waals surface area (Å²) in [5.41, 5.74) is 1.64. The molecular formula is C14H19NO4S. The third-order valence-electron chi connectivity index (χ3n) is 3.49. The van der Waals surface area contributed by atoms with Gasteiger partial charge in [0.1, 0.15) is 0 Å². The molecule has 0 saturated heterocycles. The maximum atomic E-state index is 12.3. The summed E-state index contributed by atoms with van der Waals surface area (Å²) in [5.74, 6) is -0.845. The number of fused-ring (bicyclic) bond motifs is 1. The Morgan fingerprint density at radius 3 is 2.80 bits per heavy atom. The molecule has 0 atom stereocenters. The summed E-state index contributed by atoms with van der Waals surface area (Å²) in [4.78, 5) is 11.0. The standard InChI is InChI=1S/C14H19NO4S/c1-2-3-9-20(18,19)15-8-4-5-11-10-12(14(16)17)6-7-13(11)15/h6-7,10H,2-5,8-9H2,1H3,(H,16,17). The van der Waals surface area contributed by atoms with Crippen LogP contribution in [0.3, 0.4) is 0 Å². The molecule has 0 amide bonds. The van der Waals surface area contributed by atoms with Gasteiger partial charge in [0.25, 0.3) is 0 Å². The van der Waals surface area contributed by atoms with Crippen LogP contribution in [-0.2, 0) is 16.4 Å². The lowest BCUT2D eigenvalue weighted by Gasteiger charge is -2.30. The van der Waals surface area contributed by atoms with E-state index in [1.165, 1.54) is 10.4 Å². The molecule has 5 nitrogen and oxygen atoms in total. The fourth-order valence-corrected chi connectivity index (χ4v) is 4.18. The van der Waals surface area contributed by atoms with Gasteiger partial charge in [-0.2, -0.15) is 0 Å². The first-order chi connectivity index (χ1) is 9.45. The largest absolute Gasteiger partial charge is 0.478 e. The van der Waals surface area contributed by atoms with Crippen molar-refractivity contribution in [2.75, 3.05) is 16.6 Å². The molecule has 1 aliphatic heterocycles. The predicted molar refractivity (Wildman–Crippen MR) is 77.8 cm³/mol. The minimum absolute atomic E-state index is 0.142. The smallest absolute Gasteiger partial charge is 0.335 e. The van der Waals surface area contributed by atoms with Crippen LogP contribution in [0.5, 0.6) is 0 Å². The molecule has 1 aromatic rings. The van der Waals surface area contributed by atoms with E-state index in [9.17, 15) is 13.2 Å². The van der Waals surface area contributed by atoms with Gasteiger partial charge in [0.05, 0.1) is 17.0 Å². The minimum Gasteiger partial charge on any atom is -0.478 e. The number of sulfonamides is 1. The Morgan fingerprint density at radius 2 is 2.15 bits per heavy atom. The Kier molecular flexibility index (Phi) is 4.32. The zero-order valence-corrected chi connectivity index (χ0v) is 12.3. The Bertz CT molecular complexity index is 610. The molecule has 1 aromatic carbocycles. The summed E-state index contributed by atoms with van der Waals surface area (Å²) >= 11 is 0. The Balaban J connectivity index is 2.36. The van der Waals surface area contributed by atoms with Crippen LogP contribution in [0, 0.1) is 0 Å². The van der Waals surface area contributed by atoms with E-state index in [1.807, 2.05) is 6.92 Å². The van der Waals surface area contributed by atoms with Crippen molar-refractivity contribution in [3.05, 3.63) is 29.3 Å². The molecule has 1 heterocycles. The molecule has 0 radical (unpaired) electrons. The van der Waals surface area contributed by atoms with Crippen LogP contribution >= 0.6 is 0 Å². The number of aromatic carboxylic acids is 1. The van der Waals surface area contributed by atoms with Gasteiger partial charge >= 0.3 is 5.97 Å². The van der Waals surface area contributed by atoms with Crippen molar-refractivity contribution in [2.45, 2.75) is 32.6 Å². The van der Waals surface area contributed by atoms with Gasteiger partial charge in [-0.15, -0.1) is 0 Å². The molecule has 0 unspecified atom stereocenters. The summed E-state index contributed by atoms with van der Waals surface area (Å²) in [6, 6.07) is 4.66. The topological polar surface area (TPSA) is 74.7 Å². The Hall–Kier alpha value is -1.56. The summed E-state index contributed by atoms with van der Waals surface area (Å²) in [6.45, 7) is 2.43. The van der Waals surface area contributed by atoms with E-state index < -0.39 is 16.0 Å². The van der Waals surface area contributed by atoms with Crippen LogP contribution in [0.2, 0.25) is 0 Å². The SMILES string of the molecule is CCCCS(=O)(=O)N1CCCc2cc(C(=O)O)ccc21. The second-order valence-corrected chi connectivity index (χ2v) is 7.01. The number of nitrogens with zero attached hydrogens (tertiary/aromatic N) is 1. The second-order valence-electron chi connectivity index (χ2n) is 4.99. The van der Waals surface area contributed by atoms with Crippen molar-refractivity contribution in [1.29, 1.82) is 0 Å². The number of aryl methyl sites for hydroxylation is 1. The zero-order valence-electron chi connectivity index (χ0n) is 11.5. The first kappa shape index (κ1) is 14.8. The number of carboxylic acids is 1. The molecule has 1 N–H and O–H groups in total. The maximum Gasteiger partial charge on any atom is 0.335 e. The average molecular weight is 297 g/mol. The van der Waals surface area contributed by atoms with Gasteiger partial charge in [-0.25, -0.2) is 13.2 Å². The molecule has 20 heavy (non-hydrogen) atoms. The van der Waals surface area contributed by atoms with Crippen molar-refractivity contribution in [3.63, 3.8) is 0 Å². The summed E-state index contributed by atoms with van der Waals surface area (Å²) < 4.78 is 26.1. The molecule has 0 saturated carbocycles. The minimum atomic E-state index is -3.31. The number of carbonyl (C=O) groups is 1. The highest BCUT2D eigenvalue weighted by Crippen LogP contribution is 2.30. The molecule has 0 aliphatic carbocycles. The number of hydrogen-bond acceptors (Lipinski definition) is 3. The highest BCUT2D eigenvalue weighted by Gasteiger charge is 2.27. The number of carboxylic acid groups (broad SMARTS) is 1. The number of unbranched alkanes of at least 4 members (excludes halogenated alkanes) is 1. The molecule has 6 heteroatoms. The van der Waals surface area contributed by atoms with Crippen LogP contribution in [0.4, 0.5) is 5.69 Å². The highest BCUT2D eigenvalue weighted by molar-refractivity contribution is 7.92. The van der Waals surface area contributed by atoms with E-state index in [4.69, 9.17) is 5.11 Å². The van der Waals surface area contributed by atoms with E-state index in [-0.39, 0.29) is 11.3 Å². The predicted octanol–water partition coefficient (Wildman–Crippen LogP) is 2.27. The normalized spacial score (nSPS) is 14.9. The quantitative estimate of drug-likeness (QED) is 0.904. The lowest BCUT2D eigenvalue weighted by atomic mass is 10.0. The Morgan fingerprint density at radius 1 is 1.40 bits per heavy atom. The van der Waals surface area contributed by atoms with Gasteiger partial charge in [-0.1, -0.05) is 13.3 Å². The first-order valence-electron chi connectivity index (χ1n) is 6.82. The number of rotatable bonds is 5. The number of hydrogen-bond donors (Lipinski definition) is 1. The molecule has 1 aliphatic rings. The van der Waals surface area contributed by atoms with Crippen LogP contribution in [0.15, 0.2) is 18.2 Å². The first-order valence-corrected chi connectivity index (χ1v) is 8.43. The fraction of sp³-hybridized carbons (Fsp3) is 0.500. The van der Waals surface area contributed by atoms with Crippen molar-refractivity contribution in [1.82, 2.24) is 0 Å². The molecule has 0 bridgehead atoms. The summed E-state index contributed by atoms with van der Waals surface area (Å²) in [6.07, 6.45) is 2.91. The van der Waals surface area contributed by atoms with Gasteiger partial charge in [0.2, 0.25) is 10.0 Å². The van der Waals surface area contributed by atoms with E-state index in [0.717, 1.165) is 24.8 Å². The van der Waals surface area contributed by atoms with E-state index in [0.29, 0.717) is 18.7 Å². The molecular weight excluding hydrogens is 278 g/mol. The third-order valence-corrected chi connectivity index (χ3v) is 5.35. The monoisotopic (exact) mass is 297 g/mol. The van der Waals surface area contributed by atoms with Crippen LogP contribution < -0.4 is 4.31 Å². The van der Waals surface area contributed by atoms with E-state index in [1.54, 1.807) is 12.1 Å². The molecule has 0 aromatic heterocycles. The van der Waals surface area contributed by atoms with Crippen molar-refractivity contribution < 1.29 is 18.3 Å². The summed E-state index contributed by atoms with van der Waals surface area (Å²) in [7, 11) is -3.31. The Labute approximate surface area is 119 Å². The van der Waals surface area contributed by atoms with Crippen molar-refractivity contribution >= 4 is 21.7 Å². The molecule has 110 valence electrons. The lowest BCUT2D eigenvalue weighted by molar-refractivity contribution is 0.0697. The van der Waals surface area contributed by atoms with Gasteiger partial charge in [-0.3, -0.25) is 4.31 Å². The van der Waals surface area contributed by atoms with Crippen LogP contribution in [-0.4, -0.2) is 31.8 Å². The van der Waals surface area contributed by atoms with Crippen molar-refractivity contribution in [2.24, 2.45) is 0 Å². The molecule has 0 spiro atoms. The molecule has 2 rings (SSSR count). The van der Waals surface area contributed by atoms with Crippen LogP contribution in [0.25, 0.3) is 0 Å². The van der Waals surface area contributed by atoms with Gasteiger partial charge in [0, 0.05) is 6.54 Å². The highest BCUT2D eigenvalue weighted by atomic mass is 32.2. The van der Waals surface area contributed by atoms with Crippen molar-refractivity contribution in [3.8, 4) is 0 Å². The van der Waals surface area contributed by atoms with Crippen LogP contribution in [0.1, 0.15) is 42.1 Å². The average Bonchev–Trinajstić information content (AvgIpc) is 2.43. The van der Waals surface area contributed by atoms with Gasteiger partial charge in [-0.05, 0) is 43.0 Å². The fourth-order valence-electron chi connectivity index (χ4n) is 2.42. The number of benzene rings is 1. The lowest BCUT2D eigenvalue weighted by Crippen LogP contribution is -2.37. The molecule has 0 fully saturated rings. The van der Waals surface area contributed by atoms with Gasteiger partial charge in [0.15, 0.2) is 0 Å². The maximum absolute atomic E-state index is 12.3. The summed E-state index contributed by atoms with van der Waals surface area (Å²) in [5, 5.41) is 9.00. The van der Waals surface area contributed by atoms with E-state index >= 15 is 0 Å².